The molecule has 21 heavy (non-hydrogen) atoms. The quantitative estimate of drug-likeness (QED) is 0.867. The molecule has 2 N–H and O–H groups in total. The number of hydrogen-bond donors (Lipinski definition) is 2. The molecule has 1 unspecified atom stereocenters. The lowest BCUT2D eigenvalue weighted by atomic mass is 10.2. The van der Waals surface area contributed by atoms with Crippen LogP contribution in [0.2, 0.25) is 0 Å². The summed E-state index contributed by atoms with van der Waals surface area (Å²) in [5, 5.41) is 12.1. The zero-order chi connectivity index (χ0) is 15.6. The van der Waals surface area contributed by atoms with E-state index in [2.05, 4.69) is 26.2 Å². The fourth-order valence-corrected chi connectivity index (χ4v) is 2.94. The van der Waals surface area contributed by atoms with Gasteiger partial charge in [-0.25, -0.2) is 4.98 Å². The van der Waals surface area contributed by atoms with Crippen LogP contribution >= 0.6 is 15.9 Å². The van der Waals surface area contributed by atoms with Gasteiger partial charge in [-0.3, -0.25) is 9.20 Å². The van der Waals surface area contributed by atoms with Crippen LogP contribution in [0.5, 0.6) is 0 Å². The molecular formula is C15H20BrN3O2. The van der Waals surface area contributed by atoms with Gasteiger partial charge in [-0.15, -0.1) is 0 Å². The smallest absolute Gasteiger partial charge is 0.270 e. The van der Waals surface area contributed by atoms with Gasteiger partial charge in [0.2, 0.25) is 0 Å². The van der Waals surface area contributed by atoms with E-state index in [1.54, 1.807) is 0 Å². The second-order valence-corrected chi connectivity index (χ2v) is 5.94. The Labute approximate surface area is 132 Å². The van der Waals surface area contributed by atoms with Gasteiger partial charge in [0.1, 0.15) is 5.69 Å². The molecule has 0 saturated heterocycles. The van der Waals surface area contributed by atoms with E-state index < -0.39 is 0 Å². The van der Waals surface area contributed by atoms with Crippen LogP contribution in [0.4, 0.5) is 0 Å². The van der Waals surface area contributed by atoms with E-state index in [1.165, 1.54) is 0 Å². The molecule has 0 fully saturated rings. The van der Waals surface area contributed by atoms with Crippen LogP contribution in [0.3, 0.4) is 0 Å². The highest BCUT2D eigenvalue weighted by molar-refractivity contribution is 9.10. The van der Waals surface area contributed by atoms with E-state index >= 15 is 0 Å². The van der Waals surface area contributed by atoms with Gasteiger partial charge in [-0.2, -0.15) is 0 Å². The zero-order valence-electron chi connectivity index (χ0n) is 12.5. The summed E-state index contributed by atoms with van der Waals surface area (Å²) in [4.78, 5) is 17.1. The monoisotopic (exact) mass is 353 g/mol. The average Bonchev–Trinajstić information content (AvgIpc) is 2.83. The van der Waals surface area contributed by atoms with Crippen molar-refractivity contribution in [3.63, 3.8) is 0 Å². The highest BCUT2D eigenvalue weighted by Gasteiger charge is 2.21. The Morgan fingerprint density at radius 1 is 1.52 bits per heavy atom. The van der Waals surface area contributed by atoms with Gasteiger partial charge in [0.25, 0.3) is 5.91 Å². The molecule has 0 aliphatic rings. The first kappa shape index (κ1) is 16.0. The normalized spacial score (nSPS) is 12.6. The SMILES string of the molecule is CCc1nc2c(Br)cc(C)cn2c1C(=O)NC(CC)CO. The summed E-state index contributed by atoms with van der Waals surface area (Å²) in [6.07, 6.45) is 3.26. The fourth-order valence-electron chi connectivity index (χ4n) is 2.30. The number of amides is 1. The molecule has 0 saturated carbocycles. The van der Waals surface area contributed by atoms with Gasteiger partial charge < -0.3 is 10.4 Å². The van der Waals surface area contributed by atoms with E-state index in [0.29, 0.717) is 18.5 Å². The number of aliphatic hydroxyl groups is 1. The molecule has 2 heterocycles. The van der Waals surface area contributed by atoms with Crippen molar-refractivity contribution in [3.8, 4) is 0 Å². The van der Waals surface area contributed by atoms with Crippen LogP contribution in [0.25, 0.3) is 5.65 Å². The maximum Gasteiger partial charge on any atom is 0.270 e. The summed E-state index contributed by atoms with van der Waals surface area (Å²) in [5.74, 6) is -0.197. The number of aromatic nitrogens is 2. The first-order valence-corrected chi connectivity index (χ1v) is 7.89. The largest absolute Gasteiger partial charge is 0.394 e. The number of nitrogens with one attached hydrogen (secondary N) is 1. The number of carbonyl (C=O) groups excluding carboxylic acids is 1. The first-order valence-electron chi connectivity index (χ1n) is 7.10. The number of carbonyl (C=O) groups is 1. The summed E-state index contributed by atoms with van der Waals surface area (Å²) < 4.78 is 2.68. The van der Waals surface area contributed by atoms with E-state index in [0.717, 1.165) is 21.4 Å². The molecule has 0 aliphatic heterocycles. The minimum Gasteiger partial charge on any atom is -0.394 e. The molecular weight excluding hydrogens is 334 g/mol. The van der Waals surface area contributed by atoms with Crippen molar-refractivity contribution >= 4 is 27.5 Å². The molecule has 2 aromatic rings. The number of rotatable bonds is 5. The molecule has 1 atom stereocenters. The Hall–Kier alpha value is -1.40. The zero-order valence-corrected chi connectivity index (χ0v) is 14.1. The molecule has 0 spiro atoms. The molecule has 2 rings (SSSR count). The Balaban J connectivity index is 2.53. The third-order valence-electron chi connectivity index (χ3n) is 3.48. The van der Waals surface area contributed by atoms with Crippen molar-refractivity contribution in [1.82, 2.24) is 14.7 Å². The van der Waals surface area contributed by atoms with E-state index in [9.17, 15) is 9.90 Å². The van der Waals surface area contributed by atoms with Crippen molar-refractivity contribution < 1.29 is 9.90 Å². The van der Waals surface area contributed by atoms with Gasteiger partial charge in [0, 0.05) is 6.20 Å². The molecule has 6 heteroatoms. The third-order valence-corrected chi connectivity index (χ3v) is 4.07. The first-order chi connectivity index (χ1) is 10.0. The number of aliphatic hydroxyl groups excluding tert-OH is 1. The molecule has 1 amide bonds. The lowest BCUT2D eigenvalue weighted by Gasteiger charge is -2.14. The minimum atomic E-state index is -0.235. The Morgan fingerprint density at radius 2 is 2.24 bits per heavy atom. The summed E-state index contributed by atoms with van der Waals surface area (Å²) >= 11 is 3.50. The lowest BCUT2D eigenvalue weighted by Crippen LogP contribution is -2.37. The second kappa shape index (κ2) is 6.58. The molecule has 0 bridgehead atoms. The Morgan fingerprint density at radius 3 is 2.81 bits per heavy atom. The number of aryl methyl sites for hydroxylation is 2. The van der Waals surface area contributed by atoms with Crippen LogP contribution in [-0.2, 0) is 6.42 Å². The number of fused-ring (bicyclic) bond motifs is 1. The van der Waals surface area contributed by atoms with E-state index in [1.807, 2.05) is 37.4 Å². The Kier molecular flexibility index (Phi) is 5.00. The van der Waals surface area contributed by atoms with Crippen molar-refractivity contribution in [2.75, 3.05) is 6.61 Å². The number of imidazole rings is 1. The lowest BCUT2D eigenvalue weighted by molar-refractivity contribution is 0.0908. The van der Waals surface area contributed by atoms with Gasteiger partial charge in [-0.1, -0.05) is 13.8 Å². The van der Waals surface area contributed by atoms with Crippen LogP contribution in [0.1, 0.15) is 42.0 Å². The molecule has 0 aromatic carbocycles. The van der Waals surface area contributed by atoms with Gasteiger partial charge in [0.15, 0.2) is 5.65 Å². The maximum absolute atomic E-state index is 12.6. The average molecular weight is 354 g/mol. The maximum atomic E-state index is 12.6. The van der Waals surface area contributed by atoms with Crippen molar-refractivity contribution in [3.05, 3.63) is 33.7 Å². The molecule has 5 nitrogen and oxygen atoms in total. The van der Waals surface area contributed by atoms with E-state index in [-0.39, 0.29) is 18.6 Å². The second-order valence-electron chi connectivity index (χ2n) is 5.08. The van der Waals surface area contributed by atoms with Crippen LogP contribution in [0, 0.1) is 6.92 Å². The van der Waals surface area contributed by atoms with Gasteiger partial charge in [0.05, 0.1) is 22.8 Å². The van der Waals surface area contributed by atoms with Crippen LogP contribution in [-0.4, -0.2) is 33.0 Å². The molecule has 0 radical (unpaired) electrons. The van der Waals surface area contributed by atoms with Crippen LogP contribution < -0.4 is 5.32 Å². The fraction of sp³-hybridized carbons (Fsp3) is 0.467. The van der Waals surface area contributed by atoms with Gasteiger partial charge >= 0.3 is 0 Å². The predicted molar refractivity (Wildman–Crippen MR) is 85.6 cm³/mol. The van der Waals surface area contributed by atoms with Gasteiger partial charge in [-0.05, 0) is 47.3 Å². The molecule has 2 aromatic heterocycles. The summed E-state index contributed by atoms with van der Waals surface area (Å²) in [6, 6.07) is 1.74. The minimum absolute atomic E-state index is 0.0663. The summed E-state index contributed by atoms with van der Waals surface area (Å²) in [7, 11) is 0. The topological polar surface area (TPSA) is 66.6 Å². The molecule has 114 valence electrons. The van der Waals surface area contributed by atoms with Crippen LogP contribution in [0.15, 0.2) is 16.7 Å². The third kappa shape index (κ3) is 3.11. The number of hydrogen-bond acceptors (Lipinski definition) is 3. The number of pyridine rings is 1. The number of halogens is 1. The summed E-state index contributed by atoms with van der Waals surface area (Å²) in [6.45, 7) is 5.81. The number of nitrogens with zero attached hydrogens (tertiary/aromatic N) is 2. The highest BCUT2D eigenvalue weighted by Crippen LogP contribution is 2.23. The van der Waals surface area contributed by atoms with E-state index in [4.69, 9.17) is 0 Å². The Bertz CT molecular complexity index is 662. The van der Waals surface area contributed by atoms with Crippen molar-refractivity contribution in [1.29, 1.82) is 0 Å². The van der Waals surface area contributed by atoms with Crippen molar-refractivity contribution in [2.45, 2.75) is 39.7 Å². The van der Waals surface area contributed by atoms with Crippen molar-refractivity contribution in [2.24, 2.45) is 0 Å². The standard InChI is InChI=1S/C15H20BrN3O2/c1-4-10(8-20)17-15(21)13-12(5-2)18-14-11(16)6-9(3)7-19(13)14/h6-7,10,20H,4-5,8H2,1-3H3,(H,17,21). The predicted octanol–water partition coefficient (Wildman–Crippen LogP) is 2.47. The molecule has 0 aliphatic carbocycles. The summed E-state index contributed by atoms with van der Waals surface area (Å²) in [5.41, 5.74) is 3.08. The highest BCUT2D eigenvalue weighted by atomic mass is 79.9.